The first kappa shape index (κ1) is 9.44. The molecule has 1 aliphatic carbocycles. The third-order valence-corrected chi connectivity index (χ3v) is 2.62. The smallest absolute Gasteiger partial charge is 0.167 e. The van der Waals surface area contributed by atoms with Gasteiger partial charge in [-0.3, -0.25) is 0 Å². The molecule has 0 spiro atoms. The summed E-state index contributed by atoms with van der Waals surface area (Å²) in [6.45, 7) is 2.67. The van der Waals surface area contributed by atoms with Crippen LogP contribution in [0.15, 0.2) is 18.2 Å². The van der Waals surface area contributed by atoms with Crippen molar-refractivity contribution in [3.63, 3.8) is 0 Å². The summed E-state index contributed by atoms with van der Waals surface area (Å²) < 4.78 is 30.8. The minimum absolute atomic E-state index is 0.144. The molecule has 2 unspecified atom stereocenters. The summed E-state index contributed by atoms with van der Waals surface area (Å²) in [4.78, 5) is 0. The molecule has 0 bridgehead atoms. The Hall–Kier alpha value is -1.12. The van der Waals surface area contributed by atoms with E-state index in [4.69, 9.17) is 4.74 Å². The Morgan fingerprint density at radius 2 is 2.14 bits per heavy atom. The predicted molar refractivity (Wildman–Crippen MR) is 49.1 cm³/mol. The number of ether oxygens (including phenoxy) is 1. The van der Waals surface area contributed by atoms with Crippen LogP contribution in [-0.4, -0.2) is 6.61 Å². The molecule has 0 N–H and O–H groups in total. The summed E-state index contributed by atoms with van der Waals surface area (Å²) in [6, 6.07) is 3.37. The number of benzene rings is 1. The molecule has 0 aromatic heterocycles. The van der Waals surface area contributed by atoms with Gasteiger partial charge in [0.2, 0.25) is 0 Å². The fourth-order valence-corrected chi connectivity index (χ4v) is 1.42. The lowest BCUT2D eigenvalue weighted by molar-refractivity contribution is 0.279. The van der Waals surface area contributed by atoms with Gasteiger partial charge in [-0.15, -0.1) is 0 Å². The van der Waals surface area contributed by atoms with Crippen molar-refractivity contribution >= 4 is 0 Å². The Labute approximate surface area is 81.7 Å². The minimum Gasteiger partial charge on any atom is -0.490 e. The van der Waals surface area contributed by atoms with Crippen LogP contribution < -0.4 is 4.74 Å². The zero-order chi connectivity index (χ0) is 10.1. The van der Waals surface area contributed by atoms with E-state index in [0.29, 0.717) is 18.4 Å². The summed E-state index contributed by atoms with van der Waals surface area (Å²) in [7, 11) is 0. The van der Waals surface area contributed by atoms with Gasteiger partial charge in [-0.1, -0.05) is 6.92 Å². The van der Waals surface area contributed by atoms with Crippen LogP contribution in [0.4, 0.5) is 8.78 Å². The number of halogens is 2. The Morgan fingerprint density at radius 3 is 2.71 bits per heavy atom. The molecular weight excluding hydrogens is 186 g/mol. The third-order valence-electron chi connectivity index (χ3n) is 2.62. The average Bonchev–Trinajstić information content (AvgIpc) is 2.80. The summed E-state index contributed by atoms with van der Waals surface area (Å²) in [6.07, 6.45) is 1.14. The number of rotatable bonds is 3. The fourth-order valence-electron chi connectivity index (χ4n) is 1.42. The van der Waals surface area contributed by atoms with Crippen LogP contribution in [0.3, 0.4) is 0 Å². The highest BCUT2D eigenvalue weighted by Gasteiger charge is 2.33. The SMILES string of the molecule is CC1CC1COc1ccc(F)cc1F. The van der Waals surface area contributed by atoms with E-state index in [0.717, 1.165) is 12.5 Å². The summed E-state index contributed by atoms with van der Waals surface area (Å²) in [5, 5.41) is 0. The van der Waals surface area contributed by atoms with Crippen LogP contribution in [0.25, 0.3) is 0 Å². The highest BCUT2D eigenvalue weighted by Crippen LogP contribution is 2.38. The standard InChI is InChI=1S/C11H12F2O/c1-7-4-8(7)6-14-11-3-2-9(12)5-10(11)13/h2-3,5,7-8H,4,6H2,1H3. The zero-order valence-electron chi connectivity index (χ0n) is 7.97. The van der Waals surface area contributed by atoms with Gasteiger partial charge in [0.25, 0.3) is 0 Å². The van der Waals surface area contributed by atoms with Crippen LogP contribution >= 0.6 is 0 Å². The zero-order valence-corrected chi connectivity index (χ0v) is 7.97. The molecule has 0 aliphatic heterocycles. The van der Waals surface area contributed by atoms with Gasteiger partial charge in [0.15, 0.2) is 11.6 Å². The second-order valence-electron chi connectivity index (χ2n) is 3.86. The van der Waals surface area contributed by atoms with Crippen molar-refractivity contribution in [1.82, 2.24) is 0 Å². The van der Waals surface area contributed by atoms with Crippen LogP contribution in [0, 0.1) is 23.5 Å². The Morgan fingerprint density at radius 1 is 1.43 bits per heavy atom. The van der Waals surface area contributed by atoms with Crippen molar-refractivity contribution < 1.29 is 13.5 Å². The van der Waals surface area contributed by atoms with E-state index < -0.39 is 11.6 Å². The van der Waals surface area contributed by atoms with E-state index in [2.05, 4.69) is 6.92 Å². The molecule has 14 heavy (non-hydrogen) atoms. The normalized spacial score (nSPS) is 24.8. The monoisotopic (exact) mass is 198 g/mol. The van der Waals surface area contributed by atoms with E-state index in [1.165, 1.54) is 12.1 Å². The van der Waals surface area contributed by atoms with Gasteiger partial charge in [0.1, 0.15) is 5.82 Å². The average molecular weight is 198 g/mol. The first-order valence-electron chi connectivity index (χ1n) is 4.74. The van der Waals surface area contributed by atoms with Crippen LogP contribution in [0.5, 0.6) is 5.75 Å². The first-order valence-corrected chi connectivity index (χ1v) is 4.74. The molecule has 1 nitrogen and oxygen atoms in total. The molecule has 2 rings (SSSR count). The highest BCUT2D eigenvalue weighted by molar-refractivity contribution is 5.24. The van der Waals surface area contributed by atoms with Gasteiger partial charge in [-0.25, -0.2) is 8.78 Å². The Bertz CT molecular complexity index is 338. The molecule has 2 atom stereocenters. The molecule has 0 saturated heterocycles. The second-order valence-corrected chi connectivity index (χ2v) is 3.86. The van der Waals surface area contributed by atoms with Gasteiger partial charge in [-0.05, 0) is 30.4 Å². The van der Waals surface area contributed by atoms with E-state index in [-0.39, 0.29) is 5.75 Å². The molecule has 0 radical (unpaired) electrons. The molecular formula is C11H12F2O. The van der Waals surface area contributed by atoms with Gasteiger partial charge < -0.3 is 4.74 Å². The topological polar surface area (TPSA) is 9.23 Å². The van der Waals surface area contributed by atoms with Crippen molar-refractivity contribution in [2.45, 2.75) is 13.3 Å². The Kier molecular flexibility index (Phi) is 2.40. The molecule has 1 saturated carbocycles. The number of hydrogen-bond acceptors (Lipinski definition) is 1. The van der Waals surface area contributed by atoms with E-state index in [9.17, 15) is 8.78 Å². The van der Waals surface area contributed by atoms with E-state index >= 15 is 0 Å². The Balaban J connectivity index is 1.95. The molecule has 0 heterocycles. The summed E-state index contributed by atoms with van der Waals surface area (Å²) in [5.41, 5.74) is 0. The van der Waals surface area contributed by atoms with Crippen LogP contribution in [0.1, 0.15) is 13.3 Å². The lowest BCUT2D eigenvalue weighted by Crippen LogP contribution is -2.02. The summed E-state index contributed by atoms with van der Waals surface area (Å²) >= 11 is 0. The van der Waals surface area contributed by atoms with Crippen molar-refractivity contribution in [1.29, 1.82) is 0 Å². The van der Waals surface area contributed by atoms with E-state index in [1.54, 1.807) is 0 Å². The molecule has 1 aliphatic rings. The van der Waals surface area contributed by atoms with Crippen molar-refractivity contribution in [3.8, 4) is 5.75 Å². The van der Waals surface area contributed by atoms with Crippen molar-refractivity contribution in [2.24, 2.45) is 11.8 Å². The highest BCUT2D eigenvalue weighted by atomic mass is 19.1. The maximum Gasteiger partial charge on any atom is 0.167 e. The second kappa shape index (κ2) is 3.56. The molecule has 1 fully saturated rings. The summed E-state index contributed by atoms with van der Waals surface area (Å²) in [5.74, 6) is 0.163. The number of hydrogen-bond donors (Lipinski definition) is 0. The van der Waals surface area contributed by atoms with Gasteiger partial charge in [0, 0.05) is 6.07 Å². The van der Waals surface area contributed by atoms with Gasteiger partial charge in [0.05, 0.1) is 6.61 Å². The van der Waals surface area contributed by atoms with Crippen LogP contribution in [-0.2, 0) is 0 Å². The van der Waals surface area contributed by atoms with Crippen molar-refractivity contribution in [3.05, 3.63) is 29.8 Å². The lowest BCUT2D eigenvalue weighted by Gasteiger charge is -2.05. The van der Waals surface area contributed by atoms with Crippen molar-refractivity contribution in [2.75, 3.05) is 6.61 Å². The third kappa shape index (κ3) is 2.03. The predicted octanol–water partition coefficient (Wildman–Crippen LogP) is 3.00. The molecule has 1 aromatic carbocycles. The maximum atomic E-state index is 13.1. The minimum atomic E-state index is -0.627. The fraction of sp³-hybridized carbons (Fsp3) is 0.455. The van der Waals surface area contributed by atoms with Gasteiger partial charge in [-0.2, -0.15) is 0 Å². The molecule has 0 amide bonds. The lowest BCUT2D eigenvalue weighted by atomic mass is 10.3. The molecule has 1 aromatic rings. The maximum absolute atomic E-state index is 13.1. The largest absolute Gasteiger partial charge is 0.490 e. The molecule has 76 valence electrons. The quantitative estimate of drug-likeness (QED) is 0.725. The molecule has 3 heteroatoms. The van der Waals surface area contributed by atoms with E-state index in [1.807, 2.05) is 0 Å². The first-order chi connectivity index (χ1) is 6.66. The van der Waals surface area contributed by atoms with Crippen LogP contribution in [0.2, 0.25) is 0 Å². The van der Waals surface area contributed by atoms with Gasteiger partial charge >= 0.3 is 0 Å².